The number of carbonyl (C=O) groups is 1. The van der Waals surface area contributed by atoms with Crippen LogP contribution in [0.25, 0.3) is 0 Å². The Balaban J connectivity index is 1.95. The van der Waals surface area contributed by atoms with Crippen LogP contribution in [0.1, 0.15) is 36.1 Å². The fourth-order valence-electron chi connectivity index (χ4n) is 4.36. The zero-order valence-corrected chi connectivity index (χ0v) is 18.1. The molecular weight excluding hydrogens is 386 g/mol. The van der Waals surface area contributed by atoms with E-state index in [2.05, 4.69) is 6.07 Å². The normalized spacial score (nSPS) is 20.1. The van der Waals surface area contributed by atoms with Gasteiger partial charge in [-0.05, 0) is 64.1 Å². The Hall–Kier alpha value is -3.62. The van der Waals surface area contributed by atoms with Gasteiger partial charge in [0.15, 0.2) is 5.72 Å². The van der Waals surface area contributed by atoms with E-state index in [9.17, 15) is 9.90 Å². The Kier molecular flexibility index (Phi) is 4.83. The van der Waals surface area contributed by atoms with Gasteiger partial charge in [-0.3, -0.25) is 9.80 Å². The van der Waals surface area contributed by atoms with E-state index in [1.165, 1.54) is 4.90 Å². The third kappa shape index (κ3) is 3.08. The lowest BCUT2D eigenvalue weighted by Gasteiger charge is -2.42. The molecule has 1 aliphatic heterocycles. The molecule has 1 aliphatic rings. The fourth-order valence-corrected chi connectivity index (χ4v) is 4.36. The number of nitriles is 1. The second-order valence-corrected chi connectivity index (χ2v) is 8.55. The van der Waals surface area contributed by atoms with Crippen LogP contribution < -0.4 is 9.80 Å². The number of carbonyl (C=O) groups excluding carboxylic acids is 1. The molecule has 5 nitrogen and oxygen atoms in total. The Morgan fingerprint density at radius 3 is 2.00 bits per heavy atom. The molecule has 3 aromatic rings. The van der Waals surface area contributed by atoms with E-state index < -0.39 is 11.3 Å². The van der Waals surface area contributed by atoms with Crippen LogP contribution >= 0.6 is 0 Å². The number of benzene rings is 3. The molecule has 2 amide bonds. The van der Waals surface area contributed by atoms with Gasteiger partial charge < -0.3 is 5.11 Å². The molecule has 31 heavy (non-hydrogen) atoms. The fraction of sp³-hybridized carbons (Fsp3) is 0.231. The minimum absolute atomic E-state index is 0.331. The van der Waals surface area contributed by atoms with Crippen molar-refractivity contribution in [1.29, 1.82) is 5.26 Å². The number of urea groups is 1. The second kappa shape index (κ2) is 7.26. The van der Waals surface area contributed by atoms with Crippen LogP contribution in [0.3, 0.4) is 0 Å². The first-order chi connectivity index (χ1) is 14.7. The van der Waals surface area contributed by atoms with Crippen molar-refractivity contribution < 1.29 is 9.90 Å². The SMILES string of the molecule is Cc1ccc(N2C(=O)N(c3ccc(C#N)cc3)C(C)(C)C2(O)c2cccc(C)c2)cc1. The number of rotatable bonds is 3. The maximum absolute atomic E-state index is 13.9. The molecule has 5 heteroatoms. The molecular formula is C26H25N3O2. The lowest BCUT2D eigenvalue weighted by atomic mass is 9.83. The highest BCUT2D eigenvalue weighted by Crippen LogP contribution is 2.50. The predicted octanol–water partition coefficient (Wildman–Crippen LogP) is 5.25. The lowest BCUT2D eigenvalue weighted by Crippen LogP contribution is -2.56. The molecule has 1 unspecified atom stereocenters. The molecule has 4 rings (SSSR count). The van der Waals surface area contributed by atoms with Gasteiger partial charge in [-0.25, -0.2) is 4.79 Å². The predicted molar refractivity (Wildman–Crippen MR) is 122 cm³/mol. The molecule has 1 N–H and O–H groups in total. The van der Waals surface area contributed by atoms with Crippen LogP contribution in [0.15, 0.2) is 72.8 Å². The first-order valence-electron chi connectivity index (χ1n) is 10.2. The number of nitrogens with zero attached hydrogens (tertiary/aromatic N) is 3. The minimum Gasteiger partial charge on any atom is -0.365 e. The van der Waals surface area contributed by atoms with Crippen molar-refractivity contribution in [3.8, 4) is 6.07 Å². The maximum atomic E-state index is 13.9. The monoisotopic (exact) mass is 411 g/mol. The van der Waals surface area contributed by atoms with E-state index in [0.717, 1.165) is 11.1 Å². The smallest absolute Gasteiger partial charge is 0.332 e. The van der Waals surface area contributed by atoms with E-state index in [1.807, 2.05) is 76.2 Å². The quantitative estimate of drug-likeness (QED) is 0.640. The molecule has 0 saturated carbocycles. The largest absolute Gasteiger partial charge is 0.365 e. The second-order valence-electron chi connectivity index (χ2n) is 8.55. The van der Waals surface area contributed by atoms with Crippen LogP contribution in [-0.2, 0) is 5.72 Å². The average Bonchev–Trinajstić information content (AvgIpc) is 2.91. The topological polar surface area (TPSA) is 67.6 Å². The zero-order valence-electron chi connectivity index (χ0n) is 18.1. The number of anilines is 2. The molecule has 0 aliphatic carbocycles. The van der Waals surface area contributed by atoms with Gasteiger partial charge in [0.1, 0.15) is 0 Å². The number of hydrogen-bond donors (Lipinski definition) is 1. The van der Waals surface area contributed by atoms with Crippen molar-refractivity contribution in [3.05, 3.63) is 95.1 Å². The van der Waals surface area contributed by atoms with Gasteiger partial charge in [-0.2, -0.15) is 5.26 Å². The van der Waals surface area contributed by atoms with E-state index >= 15 is 0 Å². The van der Waals surface area contributed by atoms with Crippen molar-refractivity contribution in [3.63, 3.8) is 0 Å². The van der Waals surface area contributed by atoms with Crippen molar-refractivity contribution >= 4 is 17.4 Å². The van der Waals surface area contributed by atoms with Crippen molar-refractivity contribution in [2.75, 3.05) is 9.80 Å². The standard InChI is InChI=1S/C26H25N3O2/c1-18-8-12-23(13-9-18)29-24(30)28(22-14-10-20(17-27)11-15-22)25(3,4)26(29,31)21-7-5-6-19(2)16-21/h5-16,31H,1-4H3. The highest BCUT2D eigenvalue weighted by molar-refractivity contribution is 6.09. The van der Waals surface area contributed by atoms with Gasteiger partial charge in [0.05, 0.1) is 17.2 Å². The summed E-state index contributed by atoms with van der Waals surface area (Å²) >= 11 is 0. The number of aliphatic hydroxyl groups is 1. The van der Waals surface area contributed by atoms with Gasteiger partial charge in [-0.15, -0.1) is 0 Å². The Morgan fingerprint density at radius 1 is 0.839 bits per heavy atom. The summed E-state index contributed by atoms with van der Waals surface area (Å²) in [4.78, 5) is 16.9. The molecule has 1 atom stereocenters. The van der Waals surface area contributed by atoms with Crippen LogP contribution in [-0.4, -0.2) is 16.7 Å². The van der Waals surface area contributed by atoms with Crippen molar-refractivity contribution in [2.24, 2.45) is 0 Å². The van der Waals surface area contributed by atoms with E-state index in [4.69, 9.17) is 5.26 Å². The number of hydrogen-bond acceptors (Lipinski definition) is 3. The first-order valence-corrected chi connectivity index (χ1v) is 10.2. The van der Waals surface area contributed by atoms with Gasteiger partial charge >= 0.3 is 6.03 Å². The summed E-state index contributed by atoms with van der Waals surface area (Å²) in [5.41, 5.74) is 1.81. The Labute approximate surface area is 182 Å². The van der Waals surface area contributed by atoms with Crippen LogP contribution in [0.4, 0.5) is 16.2 Å². The molecule has 1 fully saturated rings. The maximum Gasteiger partial charge on any atom is 0.332 e. The molecule has 1 saturated heterocycles. The molecule has 0 spiro atoms. The third-order valence-electron chi connectivity index (χ3n) is 6.09. The number of amides is 2. The lowest BCUT2D eigenvalue weighted by molar-refractivity contribution is -0.00251. The van der Waals surface area contributed by atoms with Gasteiger partial charge in [-0.1, -0.05) is 47.5 Å². The summed E-state index contributed by atoms with van der Waals surface area (Å²) in [5.74, 6) is 0. The van der Waals surface area contributed by atoms with Crippen LogP contribution in [0, 0.1) is 25.2 Å². The van der Waals surface area contributed by atoms with Gasteiger partial charge in [0.25, 0.3) is 0 Å². The summed E-state index contributed by atoms with van der Waals surface area (Å²) in [6.07, 6.45) is 0. The highest BCUT2D eigenvalue weighted by Gasteiger charge is 2.64. The Bertz CT molecular complexity index is 1180. The van der Waals surface area contributed by atoms with E-state index in [0.29, 0.717) is 22.5 Å². The average molecular weight is 412 g/mol. The number of aryl methyl sites for hydroxylation is 2. The van der Waals surface area contributed by atoms with Crippen LogP contribution in [0.5, 0.6) is 0 Å². The summed E-state index contributed by atoms with van der Waals surface area (Å²) in [5, 5.41) is 21.5. The molecule has 3 aromatic carbocycles. The molecule has 156 valence electrons. The third-order valence-corrected chi connectivity index (χ3v) is 6.09. The molecule has 0 radical (unpaired) electrons. The highest BCUT2D eigenvalue weighted by atomic mass is 16.3. The van der Waals surface area contributed by atoms with Crippen molar-refractivity contribution in [2.45, 2.75) is 39.0 Å². The first kappa shape index (κ1) is 20.6. The minimum atomic E-state index is -1.63. The van der Waals surface area contributed by atoms with Gasteiger partial charge in [0, 0.05) is 16.9 Å². The van der Waals surface area contributed by atoms with Gasteiger partial charge in [0.2, 0.25) is 0 Å². The Morgan fingerprint density at radius 2 is 1.42 bits per heavy atom. The molecule has 0 bridgehead atoms. The molecule has 0 aromatic heterocycles. The van der Waals surface area contributed by atoms with Crippen molar-refractivity contribution in [1.82, 2.24) is 0 Å². The summed E-state index contributed by atoms with van der Waals surface area (Å²) in [6.45, 7) is 7.67. The summed E-state index contributed by atoms with van der Waals surface area (Å²) in [7, 11) is 0. The summed E-state index contributed by atoms with van der Waals surface area (Å²) in [6, 6.07) is 23.8. The van der Waals surface area contributed by atoms with Crippen LogP contribution in [0.2, 0.25) is 0 Å². The summed E-state index contributed by atoms with van der Waals surface area (Å²) < 4.78 is 0. The molecule has 1 heterocycles. The van der Waals surface area contributed by atoms with E-state index in [1.54, 1.807) is 29.2 Å². The van der Waals surface area contributed by atoms with E-state index in [-0.39, 0.29) is 6.03 Å². The zero-order chi connectivity index (χ0) is 22.4.